The van der Waals surface area contributed by atoms with E-state index in [1.807, 2.05) is 42.5 Å². The van der Waals surface area contributed by atoms with Gasteiger partial charge in [0.2, 0.25) is 0 Å². The fraction of sp³-hybridized carbons (Fsp3) is 0.188. The van der Waals surface area contributed by atoms with Gasteiger partial charge in [-0.2, -0.15) is 0 Å². The maximum absolute atomic E-state index is 5.71. The molecular formula is C16H15NO2. The lowest BCUT2D eigenvalue weighted by Crippen LogP contribution is -1.95. The van der Waals surface area contributed by atoms with Gasteiger partial charge < -0.3 is 9.15 Å². The van der Waals surface area contributed by atoms with Gasteiger partial charge in [0, 0.05) is 6.42 Å². The van der Waals surface area contributed by atoms with Crippen LogP contribution in [0.1, 0.15) is 11.5 Å². The molecule has 3 aromatic rings. The molecule has 0 aliphatic carbocycles. The molecule has 0 bridgehead atoms. The average molecular weight is 253 g/mol. The summed E-state index contributed by atoms with van der Waals surface area (Å²) >= 11 is 0. The van der Waals surface area contributed by atoms with Crippen LogP contribution in [-0.2, 0) is 12.8 Å². The van der Waals surface area contributed by atoms with Crippen molar-refractivity contribution in [1.29, 1.82) is 0 Å². The van der Waals surface area contributed by atoms with E-state index in [1.165, 1.54) is 5.56 Å². The minimum atomic E-state index is 0.770. The van der Waals surface area contributed by atoms with Crippen LogP contribution in [0.2, 0.25) is 0 Å². The van der Waals surface area contributed by atoms with Gasteiger partial charge in [0.25, 0.3) is 0 Å². The molecule has 0 spiro atoms. The van der Waals surface area contributed by atoms with Crippen LogP contribution < -0.4 is 4.74 Å². The third kappa shape index (κ3) is 2.45. The van der Waals surface area contributed by atoms with Gasteiger partial charge in [-0.25, -0.2) is 4.98 Å². The smallest absolute Gasteiger partial charge is 0.195 e. The Morgan fingerprint density at radius 2 is 1.79 bits per heavy atom. The molecule has 2 aromatic carbocycles. The number of oxazole rings is 1. The molecule has 3 heteroatoms. The first-order valence-corrected chi connectivity index (χ1v) is 6.33. The summed E-state index contributed by atoms with van der Waals surface area (Å²) in [6.07, 6.45) is 1.63. The number of para-hydroxylation sites is 3. The van der Waals surface area contributed by atoms with Crippen molar-refractivity contribution in [2.24, 2.45) is 0 Å². The Morgan fingerprint density at radius 3 is 2.63 bits per heavy atom. The molecular weight excluding hydrogens is 238 g/mol. The van der Waals surface area contributed by atoms with Crippen molar-refractivity contribution in [1.82, 2.24) is 4.98 Å². The number of aryl methyl sites for hydroxylation is 2. The summed E-state index contributed by atoms with van der Waals surface area (Å²) in [5, 5.41) is 0. The van der Waals surface area contributed by atoms with Crippen LogP contribution in [-0.4, -0.2) is 12.1 Å². The van der Waals surface area contributed by atoms with E-state index in [-0.39, 0.29) is 0 Å². The lowest BCUT2D eigenvalue weighted by atomic mass is 10.1. The first kappa shape index (κ1) is 11.8. The summed E-state index contributed by atoms with van der Waals surface area (Å²) < 4.78 is 11.1. The molecule has 0 saturated carbocycles. The number of benzene rings is 2. The fourth-order valence-electron chi connectivity index (χ4n) is 2.18. The van der Waals surface area contributed by atoms with E-state index >= 15 is 0 Å². The Morgan fingerprint density at radius 1 is 1.00 bits per heavy atom. The SMILES string of the molecule is COc1ccccc1CCc1nc2ccccc2o1. The maximum Gasteiger partial charge on any atom is 0.195 e. The van der Waals surface area contributed by atoms with Crippen LogP contribution >= 0.6 is 0 Å². The van der Waals surface area contributed by atoms with Crippen LogP contribution in [0.15, 0.2) is 52.9 Å². The van der Waals surface area contributed by atoms with E-state index in [0.717, 1.165) is 35.6 Å². The van der Waals surface area contributed by atoms with Gasteiger partial charge in [-0.1, -0.05) is 30.3 Å². The molecule has 0 aliphatic rings. The van der Waals surface area contributed by atoms with Gasteiger partial charge in [0.05, 0.1) is 7.11 Å². The highest BCUT2D eigenvalue weighted by Gasteiger charge is 2.07. The van der Waals surface area contributed by atoms with Gasteiger partial charge in [-0.05, 0) is 30.2 Å². The highest BCUT2D eigenvalue weighted by atomic mass is 16.5. The summed E-state index contributed by atoms with van der Waals surface area (Å²) in [5.41, 5.74) is 2.93. The second-order valence-corrected chi connectivity index (χ2v) is 4.39. The number of hydrogen-bond donors (Lipinski definition) is 0. The van der Waals surface area contributed by atoms with E-state index < -0.39 is 0 Å². The number of ether oxygens (including phenoxy) is 1. The minimum absolute atomic E-state index is 0.770. The maximum atomic E-state index is 5.71. The highest BCUT2D eigenvalue weighted by Crippen LogP contribution is 2.21. The molecule has 1 aromatic heterocycles. The third-order valence-corrected chi connectivity index (χ3v) is 3.14. The van der Waals surface area contributed by atoms with Crippen molar-refractivity contribution in [2.45, 2.75) is 12.8 Å². The van der Waals surface area contributed by atoms with E-state index in [9.17, 15) is 0 Å². The van der Waals surface area contributed by atoms with Crippen molar-refractivity contribution in [3.63, 3.8) is 0 Å². The monoisotopic (exact) mass is 253 g/mol. The third-order valence-electron chi connectivity index (χ3n) is 3.14. The van der Waals surface area contributed by atoms with E-state index in [0.29, 0.717) is 0 Å². The Bertz CT molecular complexity index is 655. The number of hydrogen-bond acceptors (Lipinski definition) is 3. The van der Waals surface area contributed by atoms with Crippen LogP contribution in [0.25, 0.3) is 11.1 Å². The van der Waals surface area contributed by atoms with Gasteiger partial charge in [-0.15, -0.1) is 0 Å². The standard InChI is InChI=1S/C16H15NO2/c1-18-14-8-4-2-6-12(14)10-11-16-17-13-7-3-5-9-15(13)19-16/h2-9H,10-11H2,1H3. The molecule has 0 aliphatic heterocycles. The molecule has 0 N–H and O–H groups in total. The van der Waals surface area contributed by atoms with E-state index in [1.54, 1.807) is 7.11 Å². The topological polar surface area (TPSA) is 35.3 Å². The number of methoxy groups -OCH3 is 1. The summed E-state index contributed by atoms with van der Waals surface area (Å²) in [6.45, 7) is 0. The Labute approximate surface area is 111 Å². The summed E-state index contributed by atoms with van der Waals surface area (Å²) in [4.78, 5) is 4.48. The second kappa shape index (κ2) is 5.14. The minimum Gasteiger partial charge on any atom is -0.496 e. The van der Waals surface area contributed by atoms with E-state index in [2.05, 4.69) is 11.1 Å². The zero-order valence-electron chi connectivity index (χ0n) is 10.8. The van der Waals surface area contributed by atoms with Gasteiger partial charge >= 0.3 is 0 Å². The zero-order valence-corrected chi connectivity index (χ0v) is 10.8. The fourth-order valence-corrected chi connectivity index (χ4v) is 2.18. The van der Waals surface area contributed by atoms with Crippen molar-refractivity contribution in [3.05, 3.63) is 60.0 Å². The lowest BCUT2D eigenvalue weighted by molar-refractivity contribution is 0.408. The number of fused-ring (bicyclic) bond motifs is 1. The quantitative estimate of drug-likeness (QED) is 0.712. The van der Waals surface area contributed by atoms with E-state index in [4.69, 9.17) is 9.15 Å². The van der Waals surface area contributed by atoms with Crippen molar-refractivity contribution >= 4 is 11.1 Å². The molecule has 0 saturated heterocycles. The summed E-state index contributed by atoms with van der Waals surface area (Å²) in [5.74, 6) is 1.69. The van der Waals surface area contributed by atoms with Crippen molar-refractivity contribution in [3.8, 4) is 5.75 Å². The number of aromatic nitrogens is 1. The number of rotatable bonds is 4. The Kier molecular flexibility index (Phi) is 3.19. The Balaban J connectivity index is 1.78. The molecule has 0 fully saturated rings. The van der Waals surface area contributed by atoms with Gasteiger partial charge in [0.1, 0.15) is 11.3 Å². The molecule has 0 amide bonds. The first-order valence-electron chi connectivity index (χ1n) is 6.33. The molecule has 0 atom stereocenters. The highest BCUT2D eigenvalue weighted by molar-refractivity contribution is 5.72. The predicted octanol–water partition coefficient (Wildman–Crippen LogP) is 3.62. The molecule has 19 heavy (non-hydrogen) atoms. The largest absolute Gasteiger partial charge is 0.496 e. The Hall–Kier alpha value is -2.29. The molecule has 1 heterocycles. The summed E-state index contributed by atoms with van der Waals surface area (Å²) in [6, 6.07) is 15.9. The molecule has 3 rings (SSSR count). The predicted molar refractivity (Wildman–Crippen MR) is 74.4 cm³/mol. The normalized spacial score (nSPS) is 10.8. The van der Waals surface area contributed by atoms with Crippen LogP contribution in [0.5, 0.6) is 5.75 Å². The van der Waals surface area contributed by atoms with Crippen LogP contribution in [0, 0.1) is 0 Å². The zero-order chi connectivity index (χ0) is 13.1. The van der Waals surface area contributed by atoms with Crippen LogP contribution in [0.3, 0.4) is 0 Å². The van der Waals surface area contributed by atoms with Crippen molar-refractivity contribution < 1.29 is 9.15 Å². The molecule has 3 nitrogen and oxygen atoms in total. The number of nitrogens with zero attached hydrogens (tertiary/aromatic N) is 1. The van der Waals surface area contributed by atoms with Crippen LogP contribution in [0.4, 0.5) is 0 Å². The second-order valence-electron chi connectivity index (χ2n) is 4.39. The summed E-state index contributed by atoms with van der Waals surface area (Å²) in [7, 11) is 1.69. The average Bonchev–Trinajstić information content (AvgIpc) is 2.88. The van der Waals surface area contributed by atoms with Gasteiger partial charge in [0.15, 0.2) is 11.5 Å². The van der Waals surface area contributed by atoms with Crippen molar-refractivity contribution in [2.75, 3.05) is 7.11 Å². The molecule has 0 unspecified atom stereocenters. The molecule has 96 valence electrons. The lowest BCUT2D eigenvalue weighted by Gasteiger charge is -2.06. The van der Waals surface area contributed by atoms with Gasteiger partial charge in [-0.3, -0.25) is 0 Å². The molecule has 0 radical (unpaired) electrons. The first-order chi connectivity index (χ1) is 9.36.